The summed E-state index contributed by atoms with van der Waals surface area (Å²) in [5.41, 5.74) is 7.54. The third-order valence-corrected chi connectivity index (χ3v) is 3.20. The number of carbonyl (C=O) groups excluding carboxylic acids is 1. The molecule has 0 atom stereocenters. The first-order chi connectivity index (χ1) is 10.1. The zero-order chi connectivity index (χ0) is 15.0. The minimum atomic E-state index is -0.777. The monoisotopic (exact) mass is 283 g/mol. The summed E-state index contributed by atoms with van der Waals surface area (Å²) in [5.74, 6) is 0.365. The number of aryl methyl sites for hydroxylation is 1. The second-order valence-electron chi connectivity index (χ2n) is 4.67. The third-order valence-electron chi connectivity index (χ3n) is 3.20. The molecular weight excluding hydrogens is 270 g/mol. The minimum Gasteiger partial charge on any atom is -0.410 e. The van der Waals surface area contributed by atoms with Crippen molar-refractivity contribution in [2.24, 2.45) is 0 Å². The summed E-state index contributed by atoms with van der Waals surface area (Å²) in [6.45, 7) is 1.83. The molecule has 0 unspecified atom stereocenters. The standard InChI is InChI=1S/C15H13N3O3/c1-9-7-12-13(8-11(9)16)18(14(19)17-12)15(20)21-10-5-3-2-4-6-10/h2-8H,16H2,1H3,(H,17,19). The summed E-state index contributed by atoms with van der Waals surface area (Å²) in [6.07, 6.45) is -0.777. The molecule has 21 heavy (non-hydrogen) atoms. The zero-order valence-corrected chi connectivity index (χ0v) is 11.3. The number of nitrogens with zero attached hydrogens (tertiary/aromatic N) is 1. The largest absolute Gasteiger partial charge is 0.428 e. The van der Waals surface area contributed by atoms with Crippen molar-refractivity contribution < 1.29 is 9.53 Å². The van der Waals surface area contributed by atoms with E-state index in [1.807, 2.05) is 6.92 Å². The van der Waals surface area contributed by atoms with Crippen LogP contribution in [0, 0.1) is 6.92 Å². The number of nitrogens with one attached hydrogen (secondary N) is 1. The van der Waals surface area contributed by atoms with Gasteiger partial charge in [0.1, 0.15) is 5.75 Å². The molecule has 0 saturated carbocycles. The van der Waals surface area contributed by atoms with E-state index in [0.29, 0.717) is 22.5 Å². The van der Waals surface area contributed by atoms with E-state index in [1.165, 1.54) is 0 Å². The lowest BCUT2D eigenvalue weighted by molar-refractivity contribution is 0.202. The van der Waals surface area contributed by atoms with Crippen molar-refractivity contribution >= 4 is 22.8 Å². The molecule has 0 aliphatic carbocycles. The normalized spacial score (nSPS) is 10.7. The van der Waals surface area contributed by atoms with Crippen molar-refractivity contribution in [3.8, 4) is 5.75 Å². The number of fused-ring (bicyclic) bond motifs is 1. The van der Waals surface area contributed by atoms with Crippen LogP contribution < -0.4 is 16.2 Å². The number of rotatable bonds is 1. The molecule has 2 aromatic carbocycles. The van der Waals surface area contributed by atoms with Gasteiger partial charge in [-0.05, 0) is 36.8 Å². The number of para-hydroxylation sites is 1. The molecule has 6 nitrogen and oxygen atoms in total. The third kappa shape index (κ3) is 2.27. The molecule has 0 aliphatic rings. The number of nitrogens with two attached hydrogens (primary N) is 1. The van der Waals surface area contributed by atoms with Gasteiger partial charge in [0.25, 0.3) is 0 Å². The number of H-pyrrole nitrogens is 1. The van der Waals surface area contributed by atoms with Crippen LogP contribution in [-0.2, 0) is 0 Å². The molecule has 0 fully saturated rings. The fourth-order valence-electron chi connectivity index (χ4n) is 2.09. The average Bonchev–Trinajstić information content (AvgIpc) is 2.75. The Morgan fingerprint density at radius 1 is 1.24 bits per heavy atom. The molecule has 0 saturated heterocycles. The lowest BCUT2D eigenvalue weighted by atomic mass is 10.2. The second-order valence-corrected chi connectivity index (χ2v) is 4.67. The Balaban J connectivity index is 2.08. The lowest BCUT2D eigenvalue weighted by Gasteiger charge is -2.05. The highest BCUT2D eigenvalue weighted by Crippen LogP contribution is 2.19. The molecule has 1 heterocycles. The molecule has 1 aromatic heterocycles. The van der Waals surface area contributed by atoms with Gasteiger partial charge in [-0.25, -0.2) is 9.59 Å². The number of aromatic amines is 1. The van der Waals surface area contributed by atoms with Gasteiger partial charge in [-0.2, -0.15) is 4.57 Å². The second kappa shape index (κ2) is 4.82. The van der Waals surface area contributed by atoms with Crippen molar-refractivity contribution in [2.45, 2.75) is 6.92 Å². The predicted molar refractivity (Wildman–Crippen MR) is 79.6 cm³/mol. The van der Waals surface area contributed by atoms with Crippen molar-refractivity contribution in [3.05, 3.63) is 58.5 Å². The smallest absolute Gasteiger partial charge is 0.410 e. The van der Waals surface area contributed by atoms with E-state index in [2.05, 4.69) is 4.98 Å². The molecule has 0 spiro atoms. The van der Waals surface area contributed by atoms with Gasteiger partial charge < -0.3 is 15.5 Å². The van der Waals surface area contributed by atoms with Crippen LogP contribution in [0.3, 0.4) is 0 Å². The van der Waals surface area contributed by atoms with E-state index < -0.39 is 11.8 Å². The van der Waals surface area contributed by atoms with Crippen LogP contribution in [0.5, 0.6) is 5.75 Å². The van der Waals surface area contributed by atoms with Crippen LogP contribution >= 0.6 is 0 Å². The number of hydrogen-bond acceptors (Lipinski definition) is 4. The summed E-state index contributed by atoms with van der Waals surface area (Å²) in [5, 5.41) is 0. The number of carbonyl (C=O) groups is 1. The van der Waals surface area contributed by atoms with E-state index in [9.17, 15) is 9.59 Å². The molecule has 6 heteroatoms. The number of hydrogen-bond donors (Lipinski definition) is 2. The maximum Gasteiger partial charge on any atom is 0.428 e. The van der Waals surface area contributed by atoms with E-state index in [1.54, 1.807) is 42.5 Å². The van der Waals surface area contributed by atoms with Gasteiger partial charge in [0.2, 0.25) is 0 Å². The average molecular weight is 283 g/mol. The van der Waals surface area contributed by atoms with Gasteiger partial charge in [-0.1, -0.05) is 18.2 Å². The quantitative estimate of drug-likeness (QED) is 0.670. The molecule has 3 aromatic rings. The highest BCUT2D eigenvalue weighted by molar-refractivity contribution is 5.89. The highest BCUT2D eigenvalue weighted by atomic mass is 16.6. The van der Waals surface area contributed by atoms with Crippen LogP contribution in [0.4, 0.5) is 10.5 Å². The first-order valence-electron chi connectivity index (χ1n) is 6.34. The summed E-state index contributed by atoms with van der Waals surface area (Å²) >= 11 is 0. The SMILES string of the molecule is Cc1cc2[nH]c(=O)n(C(=O)Oc3ccccc3)c2cc1N. The lowest BCUT2D eigenvalue weighted by Crippen LogP contribution is -2.27. The number of aromatic nitrogens is 2. The number of nitrogen functional groups attached to an aromatic ring is 1. The molecular formula is C15H13N3O3. The summed E-state index contributed by atoms with van der Waals surface area (Å²) in [7, 11) is 0. The maximum absolute atomic E-state index is 12.2. The minimum absolute atomic E-state index is 0.365. The zero-order valence-electron chi connectivity index (χ0n) is 11.3. The Labute approximate surface area is 119 Å². The van der Waals surface area contributed by atoms with E-state index in [-0.39, 0.29) is 0 Å². The van der Waals surface area contributed by atoms with E-state index in [0.717, 1.165) is 10.1 Å². The van der Waals surface area contributed by atoms with Crippen LogP contribution in [-0.4, -0.2) is 15.6 Å². The molecule has 0 radical (unpaired) electrons. The summed E-state index contributed by atoms with van der Waals surface area (Å²) in [4.78, 5) is 26.8. The molecule has 3 rings (SSSR count). The van der Waals surface area contributed by atoms with Gasteiger partial charge in [-0.15, -0.1) is 0 Å². The number of benzene rings is 2. The van der Waals surface area contributed by atoms with Gasteiger partial charge in [-0.3, -0.25) is 0 Å². The Kier molecular flexibility index (Phi) is 2.98. The topological polar surface area (TPSA) is 90.1 Å². The van der Waals surface area contributed by atoms with Gasteiger partial charge >= 0.3 is 11.8 Å². The molecule has 106 valence electrons. The summed E-state index contributed by atoms with van der Waals surface area (Å²) < 4.78 is 6.11. The van der Waals surface area contributed by atoms with Gasteiger partial charge in [0.15, 0.2) is 0 Å². The molecule has 0 bridgehead atoms. The first-order valence-corrected chi connectivity index (χ1v) is 6.34. The van der Waals surface area contributed by atoms with Crippen LogP contribution in [0.25, 0.3) is 11.0 Å². The van der Waals surface area contributed by atoms with Crippen molar-refractivity contribution in [1.29, 1.82) is 0 Å². The Morgan fingerprint density at radius 2 is 1.95 bits per heavy atom. The molecule has 0 aliphatic heterocycles. The van der Waals surface area contributed by atoms with Crippen molar-refractivity contribution in [1.82, 2.24) is 9.55 Å². The van der Waals surface area contributed by atoms with Gasteiger partial charge in [0, 0.05) is 5.69 Å². The molecule has 3 N–H and O–H groups in total. The van der Waals surface area contributed by atoms with Crippen LogP contribution in [0.15, 0.2) is 47.3 Å². The number of anilines is 1. The summed E-state index contributed by atoms with van der Waals surface area (Å²) in [6, 6.07) is 11.8. The fourth-order valence-corrected chi connectivity index (χ4v) is 2.09. The van der Waals surface area contributed by atoms with Crippen molar-refractivity contribution in [3.63, 3.8) is 0 Å². The predicted octanol–water partition coefficient (Wildman–Crippen LogP) is 2.27. The van der Waals surface area contributed by atoms with Crippen LogP contribution in [0.2, 0.25) is 0 Å². The van der Waals surface area contributed by atoms with E-state index >= 15 is 0 Å². The molecule has 0 amide bonds. The Hall–Kier alpha value is -3.02. The maximum atomic E-state index is 12.2. The van der Waals surface area contributed by atoms with Crippen molar-refractivity contribution in [2.75, 3.05) is 5.73 Å². The Morgan fingerprint density at radius 3 is 2.67 bits per heavy atom. The van der Waals surface area contributed by atoms with Crippen LogP contribution in [0.1, 0.15) is 5.56 Å². The van der Waals surface area contributed by atoms with Gasteiger partial charge in [0.05, 0.1) is 11.0 Å². The fraction of sp³-hybridized carbons (Fsp3) is 0.0667. The number of ether oxygens (including phenoxy) is 1. The Bertz CT molecular complexity index is 878. The number of imidazole rings is 1. The highest BCUT2D eigenvalue weighted by Gasteiger charge is 2.16. The first kappa shape index (κ1) is 13.0. The van der Waals surface area contributed by atoms with E-state index in [4.69, 9.17) is 10.5 Å².